The van der Waals surface area contributed by atoms with Gasteiger partial charge in [0, 0.05) is 48.2 Å². The second-order valence-electron chi connectivity index (χ2n) is 5.65. The van der Waals surface area contributed by atoms with Crippen molar-refractivity contribution in [3.63, 3.8) is 0 Å². The monoisotopic (exact) mass is 289 g/mol. The van der Waals surface area contributed by atoms with E-state index in [0.29, 0.717) is 17.2 Å². The van der Waals surface area contributed by atoms with Gasteiger partial charge in [-0.15, -0.1) is 0 Å². The van der Waals surface area contributed by atoms with Gasteiger partial charge in [-0.2, -0.15) is 23.5 Å². The quantitative estimate of drug-likeness (QED) is 0.839. The largest absolute Gasteiger partial charge is 0.378 e. The third-order valence-corrected chi connectivity index (χ3v) is 7.32. The van der Waals surface area contributed by atoms with Crippen LogP contribution < -0.4 is 5.73 Å². The Labute approximate surface area is 118 Å². The maximum absolute atomic E-state index is 6.54. The van der Waals surface area contributed by atoms with Gasteiger partial charge in [0.2, 0.25) is 0 Å². The molecule has 0 amide bonds. The molecule has 0 aromatic rings. The van der Waals surface area contributed by atoms with Gasteiger partial charge in [-0.25, -0.2) is 0 Å². The summed E-state index contributed by atoms with van der Waals surface area (Å²) < 4.78 is 11.5. The van der Waals surface area contributed by atoms with E-state index < -0.39 is 0 Å². The van der Waals surface area contributed by atoms with Gasteiger partial charge in [0.15, 0.2) is 0 Å². The number of rotatable bonds is 2. The molecule has 0 bridgehead atoms. The number of nitrogens with two attached hydrogens (primary N) is 1. The fourth-order valence-electron chi connectivity index (χ4n) is 3.29. The summed E-state index contributed by atoms with van der Waals surface area (Å²) in [7, 11) is 0. The summed E-state index contributed by atoms with van der Waals surface area (Å²) in [5.41, 5.74) is 6.55. The Morgan fingerprint density at radius 2 is 2.22 bits per heavy atom. The highest BCUT2D eigenvalue weighted by Crippen LogP contribution is 2.39. The summed E-state index contributed by atoms with van der Waals surface area (Å²) in [4.78, 5) is 0. The maximum atomic E-state index is 6.54. The van der Waals surface area contributed by atoms with Crippen LogP contribution >= 0.6 is 23.5 Å². The highest BCUT2D eigenvalue weighted by molar-refractivity contribution is 8.06. The van der Waals surface area contributed by atoms with Gasteiger partial charge in [-0.1, -0.05) is 0 Å². The Hall–Kier alpha value is 0.580. The molecular weight excluding hydrogens is 266 g/mol. The molecule has 0 saturated carbocycles. The molecule has 3 fully saturated rings. The lowest BCUT2D eigenvalue weighted by atomic mass is 9.80. The smallest absolute Gasteiger partial charge is 0.0939 e. The molecule has 1 spiro atoms. The molecule has 4 unspecified atom stereocenters. The maximum Gasteiger partial charge on any atom is 0.0939 e. The zero-order valence-electron chi connectivity index (χ0n) is 10.8. The van der Waals surface area contributed by atoms with E-state index in [2.05, 4.69) is 23.5 Å². The van der Waals surface area contributed by atoms with Crippen LogP contribution in [-0.2, 0) is 9.47 Å². The second-order valence-corrected chi connectivity index (χ2v) is 8.15. The lowest BCUT2D eigenvalue weighted by Crippen LogP contribution is -2.50. The molecule has 4 atom stereocenters. The Morgan fingerprint density at radius 3 is 2.94 bits per heavy atom. The van der Waals surface area contributed by atoms with Gasteiger partial charge in [-0.3, -0.25) is 0 Å². The summed E-state index contributed by atoms with van der Waals surface area (Å²) in [6.07, 6.45) is 3.29. The van der Waals surface area contributed by atoms with Crippen molar-refractivity contribution in [2.24, 2.45) is 11.7 Å². The van der Waals surface area contributed by atoms with Crippen LogP contribution in [0, 0.1) is 5.92 Å². The van der Waals surface area contributed by atoms with Crippen LogP contribution in [0.25, 0.3) is 0 Å². The van der Waals surface area contributed by atoms with Crippen LogP contribution in [0.4, 0.5) is 0 Å². The number of hydrogen-bond acceptors (Lipinski definition) is 5. The first-order valence-corrected chi connectivity index (χ1v) is 9.16. The second kappa shape index (κ2) is 5.92. The molecule has 3 aliphatic rings. The number of thioether (sulfide) groups is 2. The molecule has 3 nitrogen and oxygen atoms in total. The summed E-state index contributed by atoms with van der Waals surface area (Å²) in [5.74, 6) is 4.41. The molecule has 104 valence electrons. The van der Waals surface area contributed by atoms with E-state index in [0.717, 1.165) is 39.1 Å². The Kier molecular flexibility index (Phi) is 4.46. The molecule has 2 N–H and O–H groups in total. The van der Waals surface area contributed by atoms with Crippen LogP contribution in [-0.4, -0.2) is 54.0 Å². The van der Waals surface area contributed by atoms with Gasteiger partial charge < -0.3 is 15.2 Å². The van der Waals surface area contributed by atoms with Crippen LogP contribution in [0.5, 0.6) is 0 Å². The standard InChI is InChI=1S/C13H23NO2S2/c14-12(11-8-17-5-6-18-11)10-1-3-16-13(7-10)2-4-15-9-13/h10-12H,1-9,14H2. The Morgan fingerprint density at radius 1 is 1.28 bits per heavy atom. The van der Waals surface area contributed by atoms with E-state index in [1.807, 2.05) is 0 Å². The normalized spacial score (nSPS) is 43.2. The third kappa shape index (κ3) is 2.85. The van der Waals surface area contributed by atoms with Gasteiger partial charge in [0.05, 0.1) is 12.2 Å². The molecule has 3 rings (SSSR count). The first-order chi connectivity index (χ1) is 8.79. The van der Waals surface area contributed by atoms with Crippen molar-refractivity contribution in [3.05, 3.63) is 0 Å². The van der Waals surface area contributed by atoms with E-state index in [4.69, 9.17) is 15.2 Å². The lowest BCUT2D eigenvalue weighted by Gasteiger charge is -2.41. The van der Waals surface area contributed by atoms with Crippen molar-refractivity contribution in [1.82, 2.24) is 0 Å². The van der Waals surface area contributed by atoms with Gasteiger partial charge in [0.1, 0.15) is 0 Å². The van der Waals surface area contributed by atoms with Crippen molar-refractivity contribution in [2.45, 2.75) is 36.2 Å². The predicted molar refractivity (Wildman–Crippen MR) is 78.4 cm³/mol. The zero-order chi connectivity index (χ0) is 12.4. The van der Waals surface area contributed by atoms with Crippen LogP contribution in [0.3, 0.4) is 0 Å². The van der Waals surface area contributed by atoms with Crippen molar-refractivity contribution >= 4 is 23.5 Å². The molecule has 5 heteroatoms. The minimum atomic E-state index is 0.00696. The van der Waals surface area contributed by atoms with Crippen molar-refractivity contribution < 1.29 is 9.47 Å². The predicted octanol–water partition coefficient (Wildman–Crippen LogP) is 1.75. The first kappa shape index (κ1) is 13.6. The average molecular weight is 289 g/mol. The molecular formula is C13H23NO2S2. The topological polar surface area (TPSA) is 44.5 Å². The lowest BCUT2D eigenvalue weighted by molar-refractivity contribution is -0.101. The summed E-state index contributed by atoms with van der Waals surface area (Å²) >= 11 is 4.14. The Bertz CT molecular complexity index is 278. The Balaban J connectivity index is 1.60. The molecule has 3 saturated heterocycles. The van der Waals surface area contributed by atoms with Crippen LogP contribution in [0.15, 0.2) is 0 Å². The SMILES string of the molecule is NC(C1CCOC2(CCOC2)C1)C1CSCCS1. The summed E-state index contributed by atoms with van der Waals surface area (Å²) in [5, 5.41) is 0.645. The van der Waals surface area contributed by atoms with Crippen molar-refractivity contribution in [3.8, 4) is 0 Å². The third-order valence-electron chi connectivity index (χ3n) is 4.41. The van der Waals surface area contributed by atoms with E-state index >= 15 is 0 Å². The van der Waals surface area contributed by atoms with E-state index in [9.17, 15) is 0 Å². The number of ether oxygens (including phenoxy) is 2. The molecule has 0 radical (unpaired) electrons. The average Bonchev–Trinajstić information content (AvgIpc) is 2.87. The van der Waals surface area contributed by atoms with E-state index in [1.54, 1.807) is 0 Å². The minimum absolute atomic E-state index is 0.00696. The highest BCUT2D eigenvalue weighted by atomic mass is 32.2. The molecule has 3 heterocycles. The minimum Gasteiger partial charge on any atom is -0.378 e. The zero-order valence-corrected chi connectivity index (χ0v) is 12.4. The molecule has 0 aromatic carbocycles. The van der Waals surface area contributed by atoms with E-state index in [1.165, 1.54) is 17.3 Å². The highest BCUT2D eigenvalue weighted by Gasteiger charge is 2.43. The van der Waals surface area contributed by atoms with Gasteiger partial charge in [0.25, 0.3) is 0 Å². The summed E-state index contributed by atoms with van der Waals surface area (Å²) in [6.45, 7) is 2.50. The van der Waals surface area contributed by atoms with Crippen LogP contribution in [0.1, 0.15) is 19.3 Å². The summed E-state index contributed by atoms with van der Waals surface area (Å²) in [6, 6.07) is 0.337. The van der Waals surface area contributed by atoms with Gasteiger partial charge in [-0.05, 0) is 18.8 Å². The molecule has 0 aromatic heterocycles. The molecule has 3 aliphatic heterocycles. The first-order valence-electron chi connectivity index (χ1n) is 6.96. The molecule has 0 aliphatic carbocycles. The number of hydrogen-bond donors (Lipinski definition) is 1. The van der Waals surface area contributed by atoms with Crippen molar-refractivity contribution in [2.75, 3.05) is 37.1 Å². The fourth-order valence-corrected chi connectivity index (χ4v) is 6.19. The van der Waals surface area contributed by atoms with E-state index in [-0.39, 0.29) is 5.60 Å². The fraction of sp³-hybridized carbons (Fsp3) is 1.00. The van der Waals surface area contributed by atoms with Gasteiger partial charge >= 0.3 is 0 Å². The van der Waals surface area contributed by atoms with Crippen LogP contribution in [0.2, 0.25) is 0 Å². The molecule has 18 heavy (non-hydrogen) atoms. The van der Waals surface area contributed by atoms with Crippen molar-refractivity contribution in [1.29, 1.82) is 0 Å².